The molecule has 0 bridgehead atoms. The normalized spacial score (nSPS) is 10.2. The van der Waals surface area contributed by atoms with Crippen LogP contribution in [0.3, 0.4) is 0 Å². The maximum Gasteiger partial charge on any atom is 0.146 e. The van der Waals surface area contributed by atoms with Gasteiger partial charge in [-0.25, -0.2) is 14.4 Å². The number of para-hydroxylation sites is 1. The molecule has 0 aliphatic heterocycles. The number of thiocarbonyl (C=S) groups is 1. The molecule has 2 rings (SSSR count). The minimum absolute atomic E-state index is 0.247. The van der Waals surface area contributed by atoms with E-state index in [1.54, 1.807) is 25.1 Å². The van der Waals surface area contributed by atoms with Crippen molar-refractivity contribution in [1.82, 2.24) is 9.97 Å². The van der Waals surface area contributed by atoms with E-state index in [0.717, 1.165) is 0 Å². The maximum absolute atomic E-state index is 13.5. The van der Waals surface area contributed by atoms with E-state index >= 15 is 0 Å². The lowest BCUT2D eigenvalue weighted by Gasteiger charge is -2.10. The molecule has 2 aromatic rings. The topological polar surface area (TPSA) is 37.8 Å². The van der Waals surface area contributed by atoms with Gasteiger partial charge in [-0.3, -0.25) is 0 Å². The fourth-order valence-corrected chi connectivity index (χ4v) is 1.99. The van der Waals surface area contributed by atoms with Crippen molar-refractivity contribution in [2.45, 2.75) is 6.92 Å². The standard InChI is InChI=1S/C12H9ClFN3S/c1-7-15-11(13)8(6-18)12(16-7)17-10-5-3-2-4-9(10)14/h2-6H,1H3,(H,15,16,17). The summed E-state index contributed by atoms with van der Waals surface area (Å²) in [6.07, 6.45) is 0. The summed E-state index contributed by atoms with van der Waals surface area (Å²) in [6, 6.07) is 6.29. The number of nitrogens with one attached hydrogen (secondary N) is 1. The first kappa shape index (κ1) is 12.9. The van der Waals surface area contributed by atoms with Crippen molar-refractivity contribution in [3.63, 3.8) is 0 Å². The predicted octanol–water partition coefficient (Wildman–Crippen LogP) is 3.67. The van der Waals surface area contributed by atoms with E-state index in [0.29, 0.717) is 22.9 Å². The molecule has 0 atom stereocenters. The van der Waals surface area contributed by atoms with Crippen LogP contribution in [0.4, 0.5) is 15.9 Å². The zero-order valence-electron chi connectivity index (χ0n) is 9.45. The van der Waals surface area contributed by atoms with E-state index in [4.69, 9.17) is 23.8 Å². The highest BCUT2D eigenvalue weighted by Crippen LogP contribution is 2.24. The minimum atomic E-state index is -0.375. The van der Waals surface area contributed by atoms with Gasteiger partial charge >= 0.3 is 0 Å². The highest BCUT2D eigenvalue weighted by Gasteiger charge is 2.11. The van der Waals surface area contributed by atoms with Gasteiger partial charge in [0.05, 0.1) is 11.3 Å². The molecule has 3 nitrogen and oxygen atoms in total. The molecule has 0 aliphatic rings. The fraction of sp³-hybridized carbons (Fsp3) is 0.0833. The van der Waals surface area contributed by atoms with Gasteiger partial charge in [0.15, 0.2) is 0 Å². The molecule has 1 heterocycles. The molecule has 1 N–H and O–H groups in total. The van der Waals surface area contributed by atoms with Gasteiger partial charge in [-0.1, -0.05) is 36.0 Å². The number of nitrogens with zero attached hydrogens (tertiary/aromatic N) is 2. The summed E-state index contributed by atoms with van der Waals surface area (Å²) >= 11 is 10.8. The quantitative estimate of drug-likeness (QED) is 0.688. The number of aryl methyl sites for hydroxylation is 1. The highest BCUT2D eigenvalue weighted by atomic mass is 35.5. The van der Waals surface area contributed by atoms with Gasteiger partial charge < -0.3 is 5.32 Å². The minimum Gasteiger partial charge on any atom is -0.337 e. The maximum atomic E-state index is 13.5. The molecule has 6 heteroatoms. The van der Waals surface area contributed by atoms with E-state index in [9.17, 15) is 4.39 Å². The third kappa shape index (κ3) is 2.63. The average Bonchev–Trinajstić information content (AvgIpc) is 2.31. The second-order valence-electron chi connectivity index (χ2n) is 3.55. The van der Waals surface area contributed by atoms with Crippen LogP contribution in [0.5, 0.6) is 0 Å². The predicted molar refractivity (Wildman–Crippen MR) is 74.2 cm³/mol. The Morgan fingerprint density at radius 3 is 2.72 bits per heavy atom. The second kappa shape index (κ2) is 5.37. The first-order chi connectivity index (χ1) is 8.61. The van der Waals surface area contributed by atoms with E-state index in [2.05, 4.69) is 15.3 Å². The van der Waals surface area contributed by atoms with Crippen LogP contribution >= 0.6 is 23.8 Å². The van der Waals surface area contributed by atoms with Crippen LogP contribution in [0.1, 0.15) is 11.4 Å². The zero-order chi connectivity index (χ0) is 13.1. The monoisotopic (exact) mass is 281 g/mol. The Labute approximate surface area is 114 Å². The van der Waals surface area contributed by atoms with E-state index < -0.39 is 0 Å². The van der Waals surface area contributed by atoms with Gasteiger partial charge in [0.2, 0.25) is 0 Å². The van der Waals surface area contributed by atoms with E-state index in [1.807, 2.05) is 0 Å². The Balaban J connectivity index is 2.46. The molecule has 0 saturated heterocycles. The van der Waals surface area contributed by atoms with Crippen LogP contribution in [-0.2, 0) is 0 Å². The summed E-state index contributed by atoms with van der Waals surface area (Å²) in [5.74, 6) is 0.507. The highest BCUT2D eigenvalue weighted by molar-refractivity contribution is 7.79. The third-order valence-electron chi connectivity index (χ3n) is 2.26. The number of aromatic nitrogens is 2. The van der Waals surface area contributed by atoms with Crippen molar-refractivity contribution >= 4 is 40.7 Å². The molecule has 18 heavy (non-hydrogen) atoms. The zero-order valence-corrected chi connectivity index (χ0v) is 11.0. The number of hydrogen-bond acceptors (Lipinski definition) is 4. The molecule has 0 spiro atoms. The van der Waals surface area contributed by atoms with Crippen molar-refractivity contribution in [3.05, 3.63) is 46.6 Å². The summed E-state index contributed by atoms with van der Waals surface area (Å²) in [4.78, 5) is 8.16. The van der Waals surface area contributed by atoms with Crippen LogP contribution < -0.4 is 5.32 Å². The van der Waals surface area contributed by atoms with E-state index in [1.165, 1.54) is 11.4 Å². The first-order valence-corrected chi connectivity index (χ1v) is 5.97. The van der Waals surface area contributed by atoms with Crippen molar-refractivity contribution < 1.29 is 4.39 Å². The van der Waals surface area contributed by atoms with Crippen molar-refractivity contribution in [3.8, 4) is 0 Å². The molecule has 1 aromatic carbocycles. The molecule has 1 aromatic heterocycles. The molecular weight excluding hydrogens is 273 g/mol. The van der Waals surface area contributed by atoms with E-state index in [-0.39, 0.29) is 11.0 Å². The number of anilines is 2. The Morgan fingerprint density at radius 1 is 1.33 bits per heavy atom. The first-order valence-electron chi connectivity index (χ1n) is 5.12. The Bertz CT molecular complexity index is 604. The number of halogens is 2. The number of hydrogen-bond donors (Lipinski definition) is 1. The Morgan fingerprint density at radius 2 is 2.06 bits per heavy atom. The lowest BCUT2D eigenvalue weighted by molar-refractivity contribution is 0.632. The molecule has 0 fully saturated rings. The lowest BCUT2D eigenvalue weighted by atomic mass is 10.3. The van der Waals surface area contributed by atoms with Crippen LogP contribution in [0, 0.1) is 12.7 Å². The molecule has 0 aliphatic carbocycles. The van der Waals surface area contributed by atoms with Crippen LogP contribution in [0.2, 0.25) is 5.15 Å². The van der Waals surface area contributed by atoms with Crippen LogP contribution in [0.15, 0.2) is 24.3 Å². The SMILES string of the molecule is Cc1nc(Cl)c(C=S)c(Nc2ccccc2F)n1. The van der Waals surface area contributed by atoms with Gasteiger partial charge in [-0.05, 0) is 19.1 Å². The summed E-state index contributed by atoms with van der Waals surface area (Å²) in [5, 5.41) is 4.48. The summed E-state index contributed by atoms with van der Waals surface area (Å²) in [5.41, 5.74) is 0.783. The molecule has 0 unspecified atom stereocenters. The molecule has 0 amide bonds. The summed E-state index contributed by atoms with van der Waals surface area (Å²) in [6.45, 7) is 1.70. The molecule has 92 valence electrons. The van der Waals surface area contributed by atoms with Gasteiger partial charge in [-0.2, -0.15) is 0 Å². The van der Waals surface area contributed by atoms with Crippen molar-refractivity contribution in [1.29, 1.82) is 0 Å². The van der Waals surface area contributed by atoms with Gasteiger partial charge in [0, 0.05) is 5.37 Å². The van der Waals surface area contributed by atoms with Gasteiger partial charge in [0.1, 0.15) is 22.6 Å². The fourth-order valence-electron chi connectivity index (χ4n) is 1.44. The van der Waals surface area contributed by atoms with Crippen molar-refractivity contribution in [2.75, 3.05) is 5.32 Å². The summed E-state index contributed by atoms with van der Waals surface area (Å²) in [7, 11) is 0. The Hall–Kier alpha value is -1.59. The summed E-state index contributed by atoms with van der Waals surface area (Å²) < 4.78 is 13.5. The molecule has 0 saturated carbocycles. The smallest absolute Gasteiger partial charge is 0.146 e. The van der Waals surface area contributed by atoms with Crippen LogP contribution in [-0.4, -0.2) is 15.3 Å². The number of benzene rings is 1. The van der Waals surface area contributed by atoms with Crippen molar-refractivity contribution in [2.24, 2.45) is 0 Å². The third-order valence-corrected chi connectivity index (χ3v) is 2.78. The largest absolute Gasteiger partial charge is 0.337 e. The number of rotatable bonds is 3. The molecular formula is C12H9ClFN3S. The average molecular weight is 282 g/mol. The van der Waals surface area contributed by atoms with Gasteiger partial charge in [-0.15, -0.1) is 0 Å². The second-order valence-corrected chi connectivity index (χ2v) is 4.14. The molecule has 0 radical (unpaired) electrons. The van der Waals surface area contributed by atoms with Gasteiger partial charge in [0.25, 0.3) is 0 Å². The lowest BCUT2D eigenvalue weighted by Crippen LogP contribution is -2.04. The Kier molecular flexibility index (Phi) is 3.84. The van der Waals surface area contributed by atoms with Crippen LogP contribution in [0.25, 0.3) is 0 Å².